The van der Waals surface area contributed by atoms with E-state index < -0.39 is 18.0 Å². The maximum absolute atomic E-state index is 14.6. The minimum atomic E-state index is -1.95. The Morgan fingerprint density at radius 3 is 2.35 bits per heavy atom. The summed E-state index contributed by atoms with van der Waals surface area (Å²) >= 11 is 0. The van der Waals surface area contributed by atoms with Crippen LogP contribution in [0, 0.1) is 5.92 Å². The zero-order valence-corrected chi connectivity index (χ0v) is 11.3. The Bertz CT molecular complexity index is 250. The van der Waals surface area contributed by atoms with Gasteiger partial charge in [-0.15, -0.1) is 0 Å². The van der Waals surface area contributed by atoms with Crippen LogP contribution >= 0.6 is 0 Å². The molecule has 0 aromatic rings. The summed E-state index contributed by atoms with van der Waals surface area (Å²) in [6.45, 7) is 9.09. The SMILES string of the molecule is [B][C@@H]1O[C@](F)(COC(C)C)C(OC(C)C)[C@@H]1C. The van der Waals surface area contributed by atoms with Crippen molar-refractivity contribution in [3.8, 4) is 0 Å². The van der Waals surface area contributed by atoms with Crippen LogP contribution in [-0.4, -0.2) is 44.6 Å². The lowest BCUT2D eigenvalue weighted by Crippen LogP contribution is -2.44. The number of halogens is 1. The van der Waals surface area contributed by atoms with Crippen LogP contribution in [0.15, 0.2) is 0 Å². The van der Waals surface area contributed by atoms with Crippen LogP contribution in [0.3, 0.4) is 0 Å². The summed E-state index contributed by atoms with van der Waals surface area (Å²) in [6.07, 6.45) is -0.820. The van der Waals surface area contributed by atoms with Crippen molar-refractivity contribution in [3.05, 3.63) is 0 Å². The lowest BCUT2D eigenvalue weighted by atomic mass is 9.85. The third-order valence-corrected chi connectivity index (χ3v) is 2.78. The number of hydrogen-bond acceptors (Lipinski definition) is 3. The van der Waals surface area contributed by atoms with E-state index in [1.807, 2.05) is 34.6 Å². The maximum Gasteiger partial charge on any atom is 0.259 e. The number of ether oxygens (including phenoxy) is 3. The molecule has 0 aromatic heterocycles. The van der Waals surface area contributed by atoms with Gasteiger partial charge in [-0.05, 0) is 27.7 Å². The summed E-state index contributed by atoms with van der Waals surface area (Å²) in [5, 5.41) is 0. The summed E-state index contributed by atoms with van der Waals surface area (Å²) in [7, 11) is 5.73. The van der Waals surface area contributed by atoms with Gasteiger partial charge >= 0.3 is 0 Å². The van der Waals surface area contributed by atoms with Crippen molar-refractivity contribution in [2.45, 2.75) is 64.8 Å². The van der Waals surface area contributed by atoms with E-state index in [0.717, 1.165) is 0 Å². The molecule has 17 heavy (non-hydrogen) atoms. The summed E-state index contributed by atoms with van der Waals surface area (Å²) < 4.78 is 30.7. The molecule has 3 nitrogen and oxygen atoms in total. The van der Waals surface area contributed by atoms with Crippen LogP contribution in [0.4, 0.5) is 4.39 Å². The molecule has 1 aliphatic heterocycles. The zero-order chi connectivity index (χ0) is 13.2. The van der Waals surface area contributed by atoms with Crippen LogP contribution in [0.25, 0.3) is 0 Å². The molecule has 0 aliphatic carbocycles. The van der Waals surface area contributed by atoms with Crippen molar-refractivity contribution in [1.82, 2.24) is 0 Å². The highest BCUT2D eigenvalue weighted by Gasteiger charge is 2.53. The van der Waals surface area contributed by atoms with Crippen molar-refractivity contribution in [2.75, 3.05) is 6.61 Å². The number of alkyl halides is 1. The molecule has 1 aliphatic rings. The van der Waals surface area contributed by atoms with Gasteiger partial charge in [0.15, 0.2) is 0 Å². The van der Waals surface area contributed by atoms with Gasteiger partial charge in [-0.1, -0.05) is 6.92 Å². The fraction of sp³-hybridized carbons (Fsp3) is 1.00. The molecule has 4 atom stereocenters. The molecule has 0 N–H and O–H groups in total. The van der Waals surface area contributed by atoms with Gasteiger partial charge < -0.3 is 14.2 Å². The monoisotopic (exact) mass is 244 g/mol. The first-order valence-corrected chi connectivity index (χ1v) is 6.15. The fourth-order valence-electron chi connectivity index (χ4n) is 1.88. The Morgan fingerprint density at radius 1 is 1.29 bits per heavy atom. The molecule has 0 bridgehead atoms. The molecular formula is C12H22BFO3. The fourth-order valence-corrected chi connectivity index (χ4v) is 1.88. The van der Waals surface area contributed by atoms with Crippen molar-refractivity contribution >= 4 is 7.85 Å². The Balaban J connectivity index is 2.72. The average molecular weight is 244 g/mol. The standard InChI is InChI=1S/C12H22BFO3/c1-7(2)15-6-12(14)10(16-8(3)4)9(5)11(13)17-12/h7-11H,6H2,1-5H3/t9-,10?,11+,12+/m0/s1. The van der Waals surface area contributed by atoms with Gasteiger partial charge in [0, 0.05) is 11.9 Å². The van der Waals surface area contributed by atoms with E-state index in [0.29, 0.717) is 0 Å². The first kappa shape index (κ1) is 14.9. The molecular weight excluding hydrogens is 222 g/mol. The van der Waals surface area contributed by atoms with Gasteiger partial charge in [0.1, 0.15) is 20.6 Å². The van der Waals surface area contributed by atoms with Gasteiger partial charge in [0.05, 0.1) is 12.2 Å². The molecule has 1 fully saturated rings. The lowest BCUT2D eigenvalue weighted by Gasteiger charge is -2.29. The first-order valence-electron chi connectivity index (χ1n) is 6.15. The lowest BCUT2D eigenvalue weighted by molar-refractivity contribution is -0.220. The molecule has 0 saturated carbocycles. The predicted molar refractivity (Wildman–Crippen MR) is 64.7 cm³/mol. The van der Waals surface area contributed by atoms with E-state index in [9.17, 15) is 4.39 Å². The highest BCUT2D eigenvalue weighted by Crippen LogP contribution is 2.38. The molecule has 1 saturated heterocycles. The Labute approximate surface area is 104 Å². The van der Waals surface area contributed by atoms with Crippen molar-refractivity contribution in [3.63, 3.8) is 0 Å². The van der Waals surface area contributed by atoms with Crippen molar-refractivity contribution in [1.29, 1.82) is 0 Å². The Hall–Kier alpha value is -0.125. The second-order valence-electron chi connectivity index (χ2n) is 5.19. The van der Waals surface area contributed by atoms with E-state index in [2.05, 4.69) is 0 Å². The first-order chi connectivity index (χ1) is 7.76. The Morgan fingerprint density at radius 2 is 1.88 bits per heavy atom. The van der Waals surface area contributed by atoms with Gasteiger partial charge in [0.2, 0.25) is 0 Å². The van der Waals surface area contributed by atoms with E-state index in [-0.39, 0.29) is 24.7 Å². The molecule has 1 heterocycles. The van der Waals surface area contributed by atoms with Crippen LogP contribution in [0.2, 0.25) is 0 Å². The van der Waals surface area contributed by atoms with Crippen LogP contribution in [0.5, 0.6) is 0 Å². The Kier molecular flexibility index (Phi) is 4.99. The van der Waals surface area contributed by atoms with Gasteiger partial charge in [-0.3, -0.25) is 0 Å². The minimum absolute atomic E-state index is 0.0574. The average Bonchev–Trinajstić information content (AvgIpc) is 2.40. The normalized spacial score (nSPS) is 38.2. The van der Waals surface area contributed by atoms with Crippen LogP contribution < -0.4 is 0 Å². The van der Waals surface area contributed by atoms with E-state index in [1.54, 1.807) is 0 Å². The van der Waals surface area contributed by atoms with Gasteiger partial charge in [-0.2, -0.15) is 0 Å². The molecule has 1 rings (SSSR count). The minimum Gasteiger partial charge on any atom is -0.373 e. The summed E-state index contributed by atoms with van der Waals surface area (Å²) in [5.74, 6) is -2.15. The highest BCUT2D eigenvalue weighted by atomic mass is 19.2. The largest absolute Gasteiger partial charge is 0.373 e. The molecule has 0 amide bonds. The molecule has 1 unspecified atom stereocenters. The third-order valence-electron chi connectivity index (χ3n) is 2.78. The second-order valence-corrected chi connectivity index (χ2v) is 5.19. The van der Waals surface area contributed by atoms with Gasteiger partial charge in [-0.25, -0.2) is 4.39 Å². The van der Waals surface area contributed by atoms with E-state index in [4.69, 9.17) is 22.1 Å². The molecule has 0 spiro atoms. The predicted octanol–water partition coefficient (Wildman–Crippen LogP) is 2.03. The molecule has 2 radical (unpaired) electrons. The summed E-state index contributed by atoms with van der Waals surface area (Å²) in [4.78, 5) is 0. The van der Waals surface area contributed by atoms with Gasteiger partial charge in [0.25, 0.3) is 5.85 Å². The molecule has 0 aromatic carbocycles. The summed E-state index contributed by atoms with van der Waals surface area (Å²) in [5.41, 5.74) is 0. The van der Waals surface area contributed by atoms with Crippen LogP contribution in [0.1, 0.15) is 34.6 Å². The number of hydrogen-bond donors (Lipinski definition) is 0. The molecule has 98 valence electrons. The van der Waals surface area contributed by atoms with Crippen LogP contribution in [-0.2, 0) is 14.2 Å². The summed E-state index contributed by atoms with van der Waals surface area (Å²) in [6, 6.07) is -0.653. The van der Waals surface area contributed by atoms with E-state index in [1.165, 1.54) is 0 Å². The number of rotatable bonds is 5. The third kappa shape index (κ3) is 3.67. The van der Waals surface area contributed by atoms with Crippen molar-refractivity contribution < 1.29 is 18.6 Å². The second kappa shape index (κ2) is 5.68. The zero-order valence-electron chi connectivity index (χ0n) is 11.3. The van der Waals surface area contributed by atoms with Crippen molar-refractivity contribution in [2.24, 2.45) is 5.92 Å². The molecule has 5 heteroatoms. The maximum atomic E-state index is 14.6. The van der Waals surface area contributed by atoms with E-state index >= 15 is 0 Å². The highest BCUT2D eigenvalue weighted by molar-refractivity contribution is 6.11. The topological polar surface area (TPSA) is 27.7 Å². The quantitative estimate of drug-likeness (QED) is 0.692. The smallest absolute Gasteiger partial charge is 0.259 e.